The number of pyridine rings is 1. The van der Waals surface area contributed by atoms with Crippen LogP contribution in [-0.4, -0.2) is 47.2 Å². The molecule has 0 saturated carbocycles. The number of amides is 1. The highest BCUT2D eigenvalue weighted by molar-refractivity contribution is 6.30. The number of piperidine rings is 1. The van der Waals surface area contributed by atoms with Crippen molar-refractivity contribution in [2.24, 2.45) is 5.92 Å². The van der Waals surface area contributed by atoms with E-state index in [0.29, 0.717) is 24.5 Å². The molecule has 7 heteroatoms. The Morgan fingerprint density at radius 1 is 1.13 bits per heavy atom. The Morgan fingerprint density at radius 3 is 2.50 bits per heavy atom. The molecule has 0 bridgehead atoms. The second kappa shape index (κ2) is 13.3. The van der Waals surface area contributed by atoms with Crippen molar-refractivity contribution in [1.82, 2.24) is 9.88 Å². The second-order valence-electron chi connectivity index (χ2n) is 11.1. The van der Waals surface area contributed by atoms with Crippen LogP contribution in [0.3, 0.4) is 0 Å². The molecule has 1 amide bonds. The lowest BCUT2D eigenvalue weighted by Crippen LogP contribution is -2.41. The van der Waals surface area contributed by atoms with E-state index in [1.165, 1.54) is 5.56 Å². The number of hydrogen-bond donors (Lipinski definition) is 0. The van der Waals surface area contributed by atoms with E-state index in [0.717, 1.165) is 54.2 Å². The summed E-state index contributed by atoms with van der Waals surface area (Å²) >= 11 is 6.19. The molecule has 2 heterocycles. The van der Waals surface area contributed by atoms with Crippen molar-refractivity contribution in [2.45, 2.75) is 78.7 Å². The van der Waals surface area contributed by atoms with E-state index in [9.17, 15) is 9.59 Å². The number of fused-ring (bicyclic) bond motifs is 2. The maximum atomic E-state index is 11.8. The molecule has 4 rings (SSSR count). The molecular formula is C31H41ClN2O4. The molecule has 2 aromatic rings. The van der Waals surface area contributed by atoms with Gasteiger partial charge in [-0.1, -0.05) is 43.7 Å². The average molecular weight is 541 g/mol. The lowest BCUT2D eigenvalue weighted by atomic mass is 9.92. The Morgan fingerprint density at radius 2 is 1.84 bits per heavy atom. The summed E-state index contributed by atoms with van der Waals surface area (Å²) in [7, 11) is 0. The zero-order chi connectivity index (χ0) is 27.9. The van der Waals surface area contributed by atoms with Gasteiger partial charge in [0, 0.05) is 36.6 Å². The normalized spacial score (nSPS) is 17.2. The molecule has 1 aromatic carbocycles. The number of nitrogens with zero attached hydrogens (tertiary/aromatic N) is 2. The third-order valence-electron chi connectivity index (χ3n) is 6.78. The fourth-order valence-corrected chi connectivity index (χ4v) is 4.89. The van der Waals surface area contributed by atoms with Crippen LogP contribution in [-0.2, 0) is 14.3 Å². The molecular weight excluding hydrogens is 500 g/mol. The summed E-state index contributed by atoms with van der Waals surface area (Å²) in [4.78, 5) is 29.8. The highest BCUT2D eigenvalue weighted by atomic mass is 35.5. The molecule has 1 aliphatic carbocycles. The number of benzene rings is 1. The van der Waals surface area contributed by atoms with Crippen molar-refractivity contribution < 1.29 is 19.1 Å². The molecule has 1 unspecified atom stereocenters. The van der Waals surface area contributed by atoms with Gasteiger partial charge in [0.2, 0.25) is 0 Å². The van der Waals surface area contributed by atoms with Crippen LogP contribution in [0.5, 0.6) is 0 Å². The molecule has 1 aliphatic heterocycles. The predicted molar refractivity (Wildman–Crippen MR) is 153 cm³/mol. The minimum atomic E-state index is -0.375. The van der Waals surface area contributed by atoms with Crippen LogP contribution in [0.4, 0.5) is 4.79 Å². The molecule has 206 valence electrons. The summed E-state index contributed by atoms with van der Waals surface area (Å²) in [5.41, 5.74) is 5.15. The van der Waals surface area contributed by atoms with Crippen molar-refractivity contribution >= 4 is 35.3 Å². The van der Waals surface area contributed by atoms with Gasteiger partial charge in [0.15, 0.2) is 0 Å². The fraction of sp³-hybridized carbons (Fsp3) is 0.516. The number of halogens is 1. The molecule has 0 radical (unpaired) electrons. The Kier molecular flexibility index (Phi) is 10.4. The number of carbonyl (C=O) groups is 2. The second-order valence-corrected chi connectivity index (χ2v) is 11.5. The smallest absolute Gasteiger partial charge is 0.410 e. The first-order chi connectivity index (χ1) is 18.0. The van der Waals surface area contributed by atoms with E-state index in [2.05, 4.69) is 37.0 Å². The Bertz CT molecular complexity index is 1150. The number of likely N-dealkylation sites (tertiary alicyclic amines) is 1. The van der Waals surface area contributed by atoms with Crippen molar-refractivity contribution in [1.29, 1.82) is 0 Å². The zero-order valence-corrected chi connectivity index (χ0v) is 24.3. The van der Waals surface area contributed by atoms with Crippen LogP contribution >= 0.6 is 11.6 Å². The van der Waals surface area contributed by atoms with E-state index in [1.807, 2.05) is 57.0 Å². The fourth-order valence-electron chi connectivity index (χ4n) is 4.71. The van der Waals surface area contributed by atoms with Crippen LogP contribution in [0, 0.1) is 5.92 Å². The highest BCUT2D eigenvalue weighted by Crippen LogP contribution is 2.38. The molecule has 0 spiro atoms. The van der Waals surface area contributed by atoms with Gasteiger partial charge in [0.05, 0.1) is 12.3 Å². The number of esters is 1. The van der Waals surface area contributed by atoms with Crippen LogP contribution in [0.2, 0.25) is 5.02 Å². The van der Waals surface area contributed by atoms with Crippen LogP contribution in [0.25, 0.3) is 11.6 Å². The lowest BCUT2D eigenvalue weighted by Gasteiger charge is -2.32. The topological polar surface area (TPSA) is 68.7 Å². The summed E-state index contributed by atoms with van der Waals surface area (Å²) in [5.74, 6) is 0.742. The molecule has 1 atom stereocenters. The summed E-state index contributed by atoms with van der Waals surface area (Å²) in [6.45, 7) is 14.0. The monoisotopic (exact) mass is 540 g/mol. The maximum absolute atomic E-state index is 11.8. The standard InChI is InChI=1S/C20H20ClNO2.C11H21NO2/c1-3-24-19(23)9-6-14-11-15-12-16(21)7-8-17(15)13(2)20-18(14)5-4-10-22-20;1-9-5-7-12(8-6-9)10(13)14-11(2,3)4/h4-5,7-8,10-13H,3,6,9H2,1-2H3;9H,5-8H2,1-4H3. The molecule has 2 aliphatic rings. The first kappa shape index (κ1) is 29.7. The minimum Gasteiger partial charge on any atom is -0.466 e. The molecule has 1 saturated heterocycles. The number of aromatic nitrogens is 1. The number of carbonyl (C=O) groups excluding carboxylic acids is 2. The Balaban J connectivity index is 0.000000244. The summed E-state index contributed by atoms with van der Waals surface area (Å²) in [5, 5.41) is 0.709. The SMILES string of the molecule is CC1CCN(C(=O)OC(C)(C)C)CC1.CCOC(=O)CCC1=Cc2cc(Cl)ccc2C(C)c2ncccc21. The van der Waals surface area contributed by atoms with Crippen molar-refractivity contribution in [3.05, 3.63) is 63.9 Å². The predicted octanol–water partition coefficient (Wildman–Crippen LogP) is 7.74. The molecule has 38 heavy (non-hydrogen) atoms. The van der Waals surface area contributed by atoms with Crippen LogP contribution < -0.4 is 0 Å². The number of hydrogen-bond acceptors (Lipinski definition) is 5. The number of rotatable bonds is 4. The summed E-state index contributed by atoms with van der Waals surface area (Å²) < 4.78 is 10.4. The van der Waals surface area contributed by atoms with Gasteiger partial charge >= 0.3 is 12.1 Å². The van der Waals surface area contributed by atoms with E-state index in [1.54, 1.807) is 0 Å². The van der Waals surface area contributed by atoms with E-state index in [4.69, 9.17) is 21.1 Å². The lowest BCUT2D eigenvalue weighted by molar-refractivity contribution is -0.142. The van der Waals surface area contributed by atoms with Gasteiger partial charge < -0.3 is 14.4 Å². The minimum absolute atomic E-state index is 0.163. The number of allylic oxidation sites excluding steroid dienone is 1. The van der Waals surface area contributed by atoms with Gasteiger partial charge in [-0.3, -0.25) is 9.78 Å². The van der Waals surface area contributed by atoms with Crippen molar-refractivity contribution in [3.63, 3.8) is 0 Å². The maximum Gasteiger partial charge on any atom is 0.410 e. The molecule has 1 fully saturated rings. The first-order valence-electron chi connectivity index (χ1n) is 13.6. The molecule has 0 N–H and O–H groups in total. The Labute approximate surface area is 232 Å². The number of ether oxygens (including phenoxy) is 2. The van der Waals surface area contributed by atoms with Gasteiger partial charge in [-0.15, -0.1) is 0 Å². The van der Waals surface area contributed by atoms with Gasteiger partial charge in [-0.05, 0) is 93.3 Å². The van der Waals surface area contributed by atoms with Gasteiger partial charge in [0.25, 0.3) is 0 Å². The van der Waals surface area contributed by atoms with Crippen LogP contribution in [0.15, 0.2) is 36.5 Å². The van der Waals surface area contributed by atoms with E-state index in [-0.39, 0.29) is 23.6 Å². The highest BCUT2D eigenvalue weighted by Gasteiger charge is 2.25. The largest absolute Gasteiger partial charge is 0.466 e. The van der Waals surface area contributed by atoms with E-state index >= 15 is 0 Å². The molecule has 6 nitrogen and oxygen atoms in total. The summed E-state index contributed by atoms with van der Waals surface area (Å²) in [6, 6.07) is 9.96. The average Bonchev–Trinajstić information content (AvgIpc) is 2.97. The Hall–Kier alpha value is -2.86. The molecule has 1 aromatic heterocycles. The van der Waals surface area contributed by atoms with Gasteiger partial charge in [0.1, 0.15) is 5.60 Å². The quantitative estimate of drug-likeness (QED) is 0.371. The van der Waals surface area contributed by atoms with Gasteiger partial charge in [-0.25, -0.2) is 4.79 Å². The summed E-state index contributed by atoms with van der Waals surface area (Å²) in [6.07, 6.45) is 6.96. The van der Waals surface area contributed by atoms with E-state index < -0.39 is 0 Å². The van der Waals surface area contributed by atoms with Crippen molar-refractivity contribution in [2.75, 3.05) is 19.7 Å². The van der Waals surface area contributed by atoms with Gasteiger partial charge in [-0.2, -0.15) is 0 Å². The van der Waals surface area contributed by atoms with Crippen molar-refractivity contribution in [3.8, 4) is 0 Å². The third-order valence-corrected chi connectivity index (χ3v) is 7.01. The third kappa shape index (κ3) is 8.32. The first-order valence-corrected chi connectivity index (χ1v) is 13.9. The van der Waals surface area contributed by atoms with Crippen LogP contribution in [0.1, 0.15) is 95.5 Å². The zero-order valence-electron chi connectivity index (χ0n) is 23.6.